The molecule has 3 aromatic heterocycles. The van der Waals surface area contributed by atoms with Gasteiger partial charge in [0.1, 0.15) is 30.1 Å². The number of aromatic nitrogens is 6. The lowest BCUT2D eigenvalue weighted by molar-refractivity contribution is -0.0440. The number of hydrogen-bond donors (Lipinski definition) is 5. The molecule has 1 aromatic carbocycles. The first-order valence-corrected chi connectivity index (χ1v) is 9.18. The van der Waals surface area contributed by atoms with Crippen LogP contribution >= 0.6 is 0 Å². The molecule has 30 heavy (non-hydrogen) atoms. The predicted octanol–water partition coefficient (Wildman–Crippen LogP) is -0.666. The van der Waals surface area contributed by atoms with Crippen molar-refractivity contribution in [3.63, 3.8) is 0 Å². The lowest BCUT2D eigenvalue weighted by atomic mass is 10.1. The summed E-state index contributed by atoms with van der Waals surface area (Å²) in [7, 11) is 0. The number of fused-ring (bicyclic) bond motifs is 2. The van der Waals surface area contributed by atoms with Crippen molar-refractivity contribution < 1.29 is 19.7 Å². The van der Waals surface area contributed by atoms with Crippen LogP contribution in [0.2, 0.25) is 0 Å². The number of aliphatic hydroxyl groups excluding tert-OH is 2. The van der Waals surface area contributed by atoms with Crippen molar-refractivity contribution >= 4 is 33.9 Å². The van der Waals surface area contributed by atoms with Crippen LogP contribution in [0.15, 0.2) is 37.2 Å². The van der Waals surface area contributed by atoms with Crippen LogP contribution in [0.1, 0.15) is 16.6 Å². The van der Waals surface area contributed by atoms with E-state index in [2.05, 4.69) is 30.2 Å². The van der Waals surface area contributed by atoms with E-state index in [4.69, 9.17) is 10.5 Å². The summed E-state index contributed by atoms with van der Waals surface area (Å²) in [5, 5.41) is 23.1. The molecule has 154 valence electrons. The zero-order valence-electron chi connectivity index (χ0n) is 15.5. The predicted molar refractivity (Wildman–Crippen MR) is 104 cm³/mol. The Kier molecular flexibility index (Phi) is 4.31. The van der Waals surface area contributed by atoms with Crippen LogP contribution in [0, 0.1) is 0 Å². The summed E-state index contributed by atoms with van der Waals surface area (Å²) < 4.78 is 7.36. The molecular formula is C18H18N8O4. The number of aliphatic hydroxyl groups is 2. The number of H-pyrrole nitrogens is 1. The van der Waals surface area contributed by atoms with Gasteiger partial charge in [-0.2, -0.15) is 0 Å². The van der Waals surface area contributed by atoms with Crippen LogP contribution in [0.25, 0.3) is 22.2 Å². The molecular weight excluding hydrogens is 392 g/mol. The molecule has 1 saturated heterocycles. The minimum Gasteiger partial charge on any atom is -0.394 e. The number of carbonyl (C=O) groups excluding carboxylic acids is 1. The Bertz CT molecular complexity index is 1240. The van der Waals surface area contributed by atoms with E-state index in [1.54, 1.807) is 29.1 Å². The first-order valence-electron chi connectivity index (χ1n) is 9.18. The lowest BCUT2D eigenvalue weighted by Crippen LogP contribution is -2.46. The summed E-state index contributed by atoms with van der Waals surface area (Å²) in [6.45, 7) is -0.423. The molecule has 0 bridgehead atoms. The highest BCUT2D eigenvalue weighted by atomic mass is 16.5. The number of nitrogens with zero attached hydrogens (tertiary/aromatic N) is 5. The molecule has 4 aromatic rings. The number of nitrogens with one attached hydrogen (secondary N) is 2. The lowest BCUT2D eigenvalue weighted by Gasteiger charge is -2.23. The van der Waals surface area contributed by atoms with E-state index in [9.17, 15) is 15.0 Å². The van der Waals surface area contributed by atoms with Gasteiger partial charge in [-0.3, -0.25) is 9.36 Å². The van der Waals surface area contributed by atoms with Crippen molar-refractivity contribution in [1.82, 2.24) is 34.8 Å². The fourth-order valence-corrected chi connectivity index (χ4v) is 3.66. The van der Waals surface area contributed by atoms with E-state index in [0.29, 0.717) is 22.2 Å². The van der Waals surface area contributed by atoms with E-state index in [1.807, 2.05) is 0 Å². The largest absolute Gasteiger partial charge is 0.394 e. The third kappa shape index (κ3) is 2.85. The number of benzene rings is 1. The van der Waals surface area contributed by atoms with Gasteiger partial charge in [-0.05, 0) is 18.2 Å². The standard InChI is InChI=1S/C18H18N8O4/c19-15-13-16(23-6-22-15)26(7-24-13)18-12(14(28)11(4-27)30-18)25-17(29)8-1-2-9-10(3-8)21-5-20-9/h1-3,5-7,11-12,14,18,27-28H,4H2,(H,20,21)(H,25,29)(H2,19,22,23)/t11-,12-,14-,18-/m1/s1. The SMILES string of the molecule is Nc1ncnc2c1ncn2[C@@H]1O[C@H](CO)[C@@H](O)[C@H]1NC(=O)c1ccc2nc[nH]c2c1. The molecule has 0 unspecified atom stereocenters. The Morgan fingerprint density at radius 3 is 3.00 bits per heavy atom. The molecule has 0 spiro atoms. The van der Waals surface area contributed by atoms with Gasteiger partial charge in [0, 0.05) is 5.56 Å². The number of rotatable bonds is 4. The Morgan fingerprint density at radius 1 is 1.30 bits per heavy atom. The number of ether oxygens (including phenoxy) is 1. The number of carbonyl (C=O) groups is 1. The Hall–Kier alpha value is -3.61. The molecule has 12 nitrogen and oxygen atoms in total. The van der Waals surface area contributed by atoms with Crippen LogP contribution in [0.3, 0.4) is 0 Å². The average Bonchev–Trinajstić information content (AvgIpc) is 3.46. The minimum absolute atomic E-state index is 0.199. The van der Waals surface area contributed by atoms with Crippen LogP contribution in [0.4, 0.5) is 5.82 Å². The summed E-state index contributed by atoms with van der Waals surface area (Å²) in [6, 6.07) is 4.15. The topological polar surface area (TPSA) is 177 Å². The quantitative estimate of drug-likeness (QED) is 0.292. The molecule has 6 N–H and O–H groups in total. The maximum Gasteiger partial charge on any atom is 0.251 e. The zero-order chi connectivity index (χ0) is 20.8. The van der Waals surface area contributed by atoms with Crippen LogP contribution in [0.5, 0.6) is 0 Å². The summed E-state index contributed by atoms with van der Waals surface area (Å²) in [6.07, 6.45) is 1.36. The highest BCUT2D eigenvalue weighted by molar-refractivity contribution is 5.97. The normalized spacial score (nSPS) is 23.9. The van der Waals surface area contributed by atoms with Gasteiger partial charge in [0.05, 0.1) is 30.3 Å². The molecule has 12 heteroatoms. The van der Waals surface area contributed by atoms with E-state index < -0.39 is 37.0 Å². The van der Waals surface area contributed by atoms with Gasteiger partial charge in [0.15, 0.2) is 17.7 Å². The van der Waals surface area contributed by atoms with Gasteiger partial charge in [-0.15, -0.1) is 0 Å². The second kappa shape index (κ2) is 7.02. The van der Waals surface area contributed by atoms with Crippen LogP contribution < -0.4 is 11.1 Å². The van der Waals surface area contributed by atoms with Gasteiger partial charge in [0.25, 0.3) is 5.91 Å². The van der Waals surface area contributed by atoms with Gasteiger partial charge in [-0.1, -0.05) is 0 Å². The van der Waals surface area contributed by atoms with E-state index in [-0.39, 0.29) is 5.82 Å². The third-order valence-electron chi connectivity index (χ3n) is 5.19. The molecule has 4 atom stereocenters. The molecule has 0 aliphatic carbocycles. The molecule has 5 rings (SSSR count). The van der Waals surface area contributed by atoms with Gasteiger partial charge in [0.2, 0.25) is 0 Å². The fourth-order valence-electron chi connectivity index (χ4n) is 3.66. The Morgan fingerprint density at radius 2 is 2.17 bits per heavy atom. The average molecular weight is 410 g/mol. The number of hydrogen-bond acceptors (Lipinski definition) is 9. The number of amides is 1. The zero-order valence-corrected chi connectivity index (χ0v) is 15.5. The Labute approximate surface area is 168 Å². The van der Waals surface area contributed by atoms with Gasteiger partial charge < -0.3 is 31.0 Å². The summed E-state index contributed by atoms with van der Waals surface area (Å²) >= 11 is 0. The molecule has 4 heterocycles. The fraction of sp³-hybridized carbons (Fsp3) is 0.278. The van der Waals surface area contributed by atoms with E-state index >= 15 is 0 Å². The highest BCUT2D eigenvalue weighted by Crippen LogP contribution is 2.32. The molecule has 0 saturated carbocycles. The van der Waals surface area contributed by atoms with Crippen molar-refractivity contribution in [2.75, 3.05) is 12.3 Å². The number of aromatic amines is 1. The van der Waals surface area contributed by atoms with Gasteiger partial charge >= 0.3 is 0 Å². The molecule has 0 radical (unpaired) electrons. The van der Waals surface area contributed by atoms with Gasteiger partial charge in [-0.25, -0.2) is 19.9 Å². The number of nitrogens with two attached hydrogens (primary N) is 1. The highest BCUT2D eigenvalue weighted by Gasteiger charge is 2.46. The van der Waals surface area contributed by atoms with Crippen LogP contribution in [-0.2, 0) is 4.74 Å². The third-order valence-corrected chi connectivity index (χ3v) is 5.19. The number of imidazole rings is 2. The number of nitrogen functional groups attached to an aromatic ring is 1. The summed E-state index contributed by atoms with van der Waals surface area (Å²) in [4.78, 5) is 32.3. The first kappa shape index (κ1) is 18.4. The number of anilines is 1. The molecule has 1 fully saturated rings. The first-order chi connectivity index (χ1) is 14.6. The second-order valence-electron chi connectivity index (χ2n) is 6.95. The van der Waals surface area contributed by atoms with Crippen molar-refractivity contribution in [2.45, 2.75) is 24.5 Å². The van der Waals surface area contributed by atoms with Crippen molar-refractivity contribution in [1.29, 1.82) is 0 Å². The van der Waals surface area contributed by atoms with Crippen molar-refractivity contribution in [2.24, 2.45) is 0 Å². The molecule has 1 aliphatic rings. The van der Waals surface area contributed by atoms with Crippen molar-refractivity contribution in [3.05, 3.63) is 42.7 Å². The van der Waals surface area contributed by atoms with Crippen molar-refractivity contribution in [3.8, 4) is 0 Å². The molecule has 1 amide bonds. The maximum atomic E-state index is 12.9. The molecule has 1 aliphatic heterocycles. The second-order valence-corrected chi connectivity index (χ2v) is 6.95. The van der Waals surface area contributed by atoms with E-state index in [1.165, 1.54) is 12.7 Å². The summed E-state index contributed by atoms with van der Waals surface area (Å²) in [5.41, 5.74) is 8.43. The monoisotopic (exact) mass is 410 g/mol. The maximum absolute atomic E-state index is 12.9. The smallest absolute Gasteiger partial charge is 0.251 e. The minimum atomic E-state index is -1.16. The Balaban J connectivity index is 1.48. The van der Waals surface area contributed by atoms with Crippen LogP contribution in [-0.4, -0.2) is 70.5 Å². The summed E-state index contributed by atoms with van der Waals surface area (Å²) in [5.74, 6) is -0.217. The van der Waals surface area contributed by atoms with E-state index in [0.717, 1.165) is 5.52 Å².